The number of carbonyl (C=O) groups is 2. The van der Waals surface area contributed by atoms with Crippen molar-refractivity contribution in [1.29, 1.82) is 0 Å². The number of hydrogen-bond donors (Lipinski definition) is 3. The fourth-order valence-corrected chi connectivity index (χ4v) is 1.33. The Morgan fingerprint density at radius 1 is 1.04 bits per heavy atom. The van der Waals surface area contributed by atoms with Gasteiger partial charge in [0.2, 0.25) is 0 Å². The minimum absolute atomic E-state index is 0.364. The smallest absolute Gasteiger partial charge is 0.490 e. The maximum absolute atomic E-state index is 11.9. The van der Waals surface area contributed by atoms with Crippen LogP contribution in [0.2, 0.25) is 0 Å². The van der Waals surface area contributed by atoms with Crippen LogP contribution in [0.4, 0.5) is 26.3 Å². The highest BCUT2D eigenvalue weighted by atomic mass is 19.4. The third-order valence-electron chi connectivity index (χ3n) is 2.37. The summed E-state index contributed by atoms with van der Waals surface area (Å²) in [5, 5.41) is 8.78. The molecule has 7 nitrogen and oxygen atoms in total. The quantitative estimate of drug-likeness (QED) is 0.312. The van der Waals surface area contributed by atoms with E-state index in [0.29, 0.717) is 6.42 Å². The Hall–Kier alpha value is -1.60. The van der Waals surface area contributed by atoms with Crippen LogP contribution in [0, 0.1) is 0 Å². The number of esters is 1. The largest absolute Gasteiger partial charge is 0.542 e. The number of carbonyl (C=O) groups excluding carboxylic acids is 2. The summed E-state index contributed by atoms with van der Waals surface area (Å²) in [6.07, 6.45) is -8.12. The molecule has 23 heavy (non-hydrogen) atoms. The van der Waals surface area contributed by atoms with Crippen LogP contribution in [0.5, 0.6) is 0 Å². The maximum Gasteiger partial charge on any atom is 0.490 e. The molecule has 0 saturated carbocycles. The standard InChI is InChI=1S/C8H14F3N3O2.C2HF3O2/c9-8(10,11)7(15)16-6-4-2-1-3-5-12-14-13-6;3-2(4,5)1(6)7/h6,12-14H,1-5H2;(H,6,7). The first-order chi connectivity index (χ1) is 10.4. The third-order valence-corrected chi connectivity index (χ3v) is 2.37. The predicted molar refractivity (Wildman–Crippen MR) is 58.5 cm³/mol. The summed E-state index contributed by atoms with van der Waals surface area (Å²) in [4.78, 5) is 19.4. The van der Waals surface area contributed by atoms with Gasteiger partial charge in [0.05, 0.1) is 6.54 Å². The molecule has 1 unspecified atom stereocenters. The van der Waals surface area contributed by atoms with Crippen molar-refractivity contribution in [1.82, 2.24) is 11.0 Å². The maximum atomic E-state index is 11.9. The number of ether oxygens (including phenoxy) is 1. The second kappa shape index (κ2) is 9.52. The summed E-state index contributed by atoms with van der Waals surface area (Å²) in [5.41, 5.74) is 6.82. The first-order valence-corrected chi connectivity index (χ1v) is 6.33. The molecule has 1 aliphatic rings. The second-order valence-corrected chi connectivity index (χ2v) is 4.31. The molecule has 1 saturated heterocycles. The van der Waals surface area contributed by atoms with E-state index in [-0.39, 0.29) is 0 Å². The van der Waals surface area contributed by atoms with Crippen molar-refractivity contribution in [3.05, 3.63) is 0 Å². The van der Waals surface area contributed by atoms with Crippen molar-refractivity contribution >= 4 is 11.9 Å². The molecule has 0 aromatic carbocycles. The van der Waals surface area contributed by atoms with Crippen molar-refractivity contribution in [2.75, 3.05) is 6.54 Å². The van der Waals surface area contributed by atoms with Crippen molar-refractivity contribution in [3.8, 4) is 0 Å². The number of nitrogens with one attached hydrogen (secondary N) is 2. The fraction of sp³-hybridized carbons (Fsp3) is 0.800. The molecule has 1 aliphatic heterocycles. The highest BCUT2D eigenvalue weighted by Crippen LogP contribution is 2.18. The summed E-state index contributed by atoms with van der Waals surface area (Å²) < 4.78 is 71.6. The molecule has 4 N–H and O–H groups in total. The highest BCUT2D eigenvalue weighted by molar-refractivity contribution is 5.75. The van der Waals surface area contributed by atoms with Gasteiger partial charge in [0.25, 0.3) is 0 Å². The summed E-state index contributed by atoms with van der Waals surface area (Å²) in [6, 6.07) is 0. The van der Waals surface area contributed by atoms with Gasteiger partial charge in [0.15, 0.2) is 6.23 Å². The minimum atomic E-state index is -5.19. The van der Waals surface area contributed by atoms with Crippen LogP contribution < -0.4 is 21.5 Å². The van der Waals surface area contributed by atoms with Crippen LogP contribution >= 0.6 is 0 Å². The van der Waals surface area contributed by atoms with E-state index in [9.17, 15) is 31.1 Å². The summed E-state index contributed by atoms with van der Waals surface area (Å²) in [7, 11) is 0. The van der Waals surface area contributed by atoms with Gasteiger partial charge in [-0.1, -0.05) is 5.53 Å². The van der Waals surface area contributed by atoms with Gasteiger partial charge in [-0.3, -0.25) is 5.43 Å². The lowest BCUT2D eigenvalue weighted by Crippen LogP contribution is -2.96. The molecule has 0 amide bonds. The Balaban J connectivity index is 0.000000585. The molecule has 1 fully saturated rings. The number of hydrogen-bond acceptors (Lipinski definition) is 6. The Bertz CT molecular complexity index is 378. The number of carboxylic acid groups (broad SMARTS) is 1. The van der Waals surface area contributed by atoms with E-state index >= 15 is 0 Å². The van der Waals surface area contributed by atoms with E-state index in [2.05, 4.69) is 15.7 Å². The summed E-state index contributed by atoms with van der Waals surface area (Å²) >= 11 is 0. The number of aliphatic carboxylic acids is 1. The molecular formula is C10H15F6N3O4. The molecule has 1 atom stereocenters. The number of quaternary nitrogens is 1. The SMILES string of the molecule is O=C(OC1CCCCC[NH2+]NN1)C(F)(F)F.O=C([O-])C(F)(F)F. The number of halogens is 6. The van der Waals surface area contributed by atoms with Gasteiger partial charge >= 0.3 is 18.3 Å². The van der Waals surface area contributed by atoms with Gasteiger partial charge in [-0.2, -0.15) is 31.8 Å². The third kappa shape index (κ3) is 10.7. The molecule has 0 radical (unpaired) electrons. The molecule has 0 aromatic heterocycles. The number of alkyl halides is 6. The minimum Gasteiger partial charge on any atom is -0.542 e. The lowest BCUT2D eigenvalue weighted by atomic mass is 10.2. The van der Waals surface area contributed by atoms with Crippen molar-refractivity contribution in [2.24, 2.45) is 0 Å². The van der Waals surface area contributed by atoms with E-state index in [1.54, 1.807) is 5.43 Å². The zero-order valence-corrected chi connectivity index (χ0v) is 11.6. The van der Waals surface area contributed by atoms with Gasteiger partial charge in [-0.15, -0.1) is 0 Å². The molecule has 1 heterocycles. The molecule has 0 aromatic rings. The Kier molecular flexibility index (Phi) is 8.86. The van der Waals surface area contributed by atoms with E-state index in [0.717, 1.165) is 25.8 Å². The van der Waals surface area contributed by atoms with Crippen LogP contribution in [-0.2, 0) is 14.3 Å². The van der Waals surface area contributed by atoms with Gasteiger partial charge in [0, 0.05) is 0 Å². The average Bonchev–Trinajstić information content (AvgIpc) is 2.51. The topological polar surface area (TPSA) is 107 Å². The van der Waals surface area contributed by atoms with Crippen molar-refractivity contribution < 1.29 is 51.2 Å². The van der Waals surface area contributed by atoms with Gasteiger partial charge in [0.1, 0.15) is 5.97 Å². The zero-order chi connectivity index (χ0) is 18.1. The van der Waals surface area contributed by atoms with Crippen LogP contribution in [-0.4, -0.2) is 37.1 Å². The number of carboxylic acids is 1. The summed E-state index contributed by atoms with van der Waals surface area (Å²) in [5.74, 6) is -5.17. The Morgan fingerprint density at radius 3 is 2.09 bits per heavy atom. The van der Waals surface area contributed by atoms with E-state index < -0.39 is 30.5 Å². The van der Waals surface area contributed by atoms with E-state index in [4.69, 9.17) is 9.90 Å². The highest BCUT2D eigenvalue weighted by Gasteiger charge is 2.42. The molecule has 1 rings (SSSR count). The molecule has 13 heteroatoms. The molecular weight excluding hydrogens is 340 g/mol. The van der Waals surface area contributed by atoms with Gasteiger partial charge in [-0.05, 0) is 25.7 Å². The van der Waals surface area contributed by atoms with E-state index in [1.807, 2.05) is 0 Å². The van der Waals surface area contributed by atoms with Crippen molar-refractivity contribution in [3.63, 3.8) is 0 Å². The number of nitrogens with two attached hydrogens (primary N) is 1. The van der Waals surface area contributed by atoms with E-state index in [1.165, 1.54) is 0 Å². The van der Waals surface area contributed by atoms with Crippen LogP contribution in [0.3, 0.4) is 0 Å². The zero-order valence-electron chi connectivity index (χ0n) is 11.6. The normalized spacial score (nSPS) is 20.2. The molecule has 136 valence electrons. The predicted octanol–water partition coefficient (Wildman–Crippen LogP) is -1.14. The van der Waals surface area contributed by atoms with Gasteiger partial charge < -0.3 is 14.6 Å². The molecule has 0 aliphatic carbocycles. The fourth-order valence-electron chi connectivity index (χ4n) is 1.33. The van der Waals surface area contributed by atoms with Crippen LogP contribution in [0.15, 0.2) is 0 Å². The van der Waals surface area contributed by atoms with Crippen LogP contribution in [0.1, 0.15) is 25.7 Å². The molecule has 0 spiro atoms. The monoisotopic (exact) mass is 355 g/mol. The van der Waals surface area contributed by atoms with Crippen LogP contribution in [0.25, 0.3) is 0 Å². The molecule has 0 bridgehead atoms. The second-order valence-electron chi connectivity index (χ2n) is 4.31. The number of rotatable bonds is 1. The Morgan fingerprint density at radius 2 is 1.61 bits per heavy atom. The number of hydrazine groups is 1. The first-order valence-electron chi connectivity index (χ1n) is 6.33. The lowest BCUT2D eigenvalue weighted by molar-refractivity contribution is -0.720. The Labute approximate surface area is 126 Å². The summed E-state index contributed by atoms with van der Waals surface area (Å²) in [6.45, 7) is 0.826. The van der Waals surface area contributed by atoms with Crippen molar-refractivity contribution in [2.45, 2.75) is 44.3 Å². The lowest BCUT2D eigenvalue weighted by Gasteiger charge is -2.18. The average molecular weight is 355 g/mol. The van der Waals surface area contributed by atoms with Gasteiger partial charge in [-0.25, -0.2) is 4.79 Å². The first kappa shape index (κ1) is 21.4.